The molecule has 1 atom stereocenters. The number of carbonyl (C=O) groups excluding carboxylic acids is 2. The number of hydrogen-bond donors (Lipinski definition) is 1. The maximum absolute atomic E-state index is 13.1. The molecule has 0 aliphatic carbocycles. The van der Waals surface area contributed by atoms with Gasteiger partial charge in [0.25, 0.3) is 0 Å². The monoisotopic (exact) mass is 462 g/mol. The van der Waals surface area contributed by atoms with Crippen LogP contribution in [-0.2, 0) is 21.9 Å². The van der Waals surface area contributed by atoms with Crippen LogP contribution in [0.5, 0.6) is 5.75 Å². The van der Waals surface area contributed by atoms with Crippen molar-refractivity contribution in [2.24, 2.45) is 0 Å². The van der Waals surface area contributed by atoms with E-state index in [2.05, 4.69) is 12.2 Å². The fraction of sp³-hybridized carbons (Fsp3) is 0.417. The van der Waals surface area contributed by atoms with Crippen molar-refractivity contribution in [1.82, 2.24) is 10.2 Å². The van der Waals surface area contributed by atoms with Crippen molar-refractivity contribution < 1.29 is 14.3 Å². The van der Waals surface area contributed by atoms with Crippen molar-refractivity contribution >= 4 is 35.2 Å². The van der Waals surface area contributed by atoms with E-state index in [9.17, 15) is 9.59 Å². The first-order chi connectivity index (χ1) is 14.9. The molecule has 0 aliphatic rings. The zero-order valence-corrected chi connectivity index (χ0v) is 20.0. The molecule has 1 N–H and O–H groups in total. The van der Waals surface area contributed by atoms with Gasteiger partial charge in [0.1, 0.15) is 11.8 Å². The van der Waals surface area contributed by atoms with Crippen LogP contribution in [0.1, 0.15) is 37.8 Å². The molecule has 0 aliphatic heterocycles. The number of carbonyl (C=O) groups is 2. The number of nitrogens with zero attached hydrogens (tertiary/aromatic N) is 1. The van der Waals surface area contributed by atoms with Gasteiger partial charge in [-0.05, 0) is 48.7 Å². The van der Waals surface area contributed by atoms with E-state index in [0.29, 0.717) is 29.6 Å². The average molecular weight is 463 g/mol. The number of amides is 2. The third kappa shape index (κ3) is 8.46. The Bertz CT molecular complexity index is 828. The Balaban J connectivity index is 2.01. The van der Waals surface area contributed by atoms with Crippen LogP contribution in [0.3, 0.4) is 0 Å². The van der Waals surface area contributed by atoms with E-state index < -0.39 is 6.04 Å². The van der Waals surface area contributed by atoms with Gasteiger partial charge in [-0.25, -0.2) is 0 Å². The predicted octanol–water partition coefficient (Wildman–Crippen LogP) is 4.92. The molecule has 2 amide bonds. The molecule has 168 valence electrons. The molecule has 2 aromatic carbocycles. The summed E-state index contributed by atoms with van der Waals surface area (Å²) in [4.78, 5) is 27.3. The SMILES string of the molecule is CCCCNC(=O)[C@@H](C)N(Cc1ccc(Cl)cc1)C(=O)CSCc1ccc(OC)cc1. The van der Waals surface area contributed by atoms with Crippen LogP contribution in [0, 0.1) is 0 Å². The normalized spacial score (nSPS) is 11.6. The summed E-state index contributed by atoms with van der Waals surface area (Å²) < 4.78 is 5.18. The van der Waals surface area contributed by atoms with Crippen molar-refractivity contribution in [2.75, 3.05) is 19.4 Å². The molecule has 7 heteroatoms. The molecule has 31 heavy (non-hydrogen) atoms. The number of methoxy groups -OCH3 is 1. The van der Waals surface area contributed by atoms with Crippen molar-refractivity contribution in [3.63, 3.8) is 0 Å². The third-order valence-corrected chi connectivity index (χ3v) is 6.16. The Morgan fingerprint density at radius 1 is 1.10 bits per heavy atom. The fourth-order valence-corrected chi connectivity index (χ4v) is 3.96. The zero-order chi connectivity index (χ0) is 22.6. The smallest absolute Gasteiger partial charge is 0.242 e. The van der Waals surface area contributed by atoms with E-state index >= 15 is 0 Å². The fourth-order valence-electron chi connectivity index (χ4n) is 2.97. The lowest BCUT2D eigenvalue weighted by Gasteiger charge is -2.29. The Morgan fingerprint density at radius 2 is 1.74 bits per heavy atom. The minimum absolute atomic E-state index is 0.0633. The number of nitrogens with one attached hydrogen (secondary N) is 1. The first-order valence-corrected chi connectivity index (χ1v) is 12.0. The lowest BCUT2D eigenvalue weighted by molar-refractivity contribution is -0.138. The Kier molecular flexibility index (Phi) is 10.7. The summed E-state index contributed by atoms with van der Waals surface area (Å²) in [5.74, 6) is 1.62. The van der Waals surface area contributed by atoms with Gasteiger partial charge in [0.05, 0.1) is 12.9 Å². The van der Waals surface area contributed by atoms with Crippen LogP contribution >= 0.6 is 23.4 Å². The first-order valence-electron chi connectivity index (χ1n) is 10.5. The van der Waals surface area contributed by atoms with E-state index in [1.807, 2.05) is 36.4 Å². The summed E-state index contributed by atoms with van der Waals surface area (Å²) in [6, 6.07) is 14.6. The predicted molar refractivity (Wildman–Crippen MR) is 129 cm³/mol. The Morgan fingerprint density at radius 3 is 2.35 bits per heavy atom. The molecule has 0 heterocycles. The maximum atomic E-state index is 13.1. The lowest BCUT2D eigenvalue weighted by Crippen LogP contribution is -2.48. The average Bonchev–Trinajstić information content (AvgIpc) is 2.78. The highest BCUT2D eigenvalue weighted by atomic mass is 35.5. The topological polar surface area (TPSA) is 58.6 Å². The van der Waals surface area contributed by atoms with Gasteiger partial charge in [-0.2, -0.15) is 0 Å². The van der Waals surface area contributed by atoms with E-state index in [0.717, 1.165) is 29.7 Å². The number of ether oxygens (including phenoxy) is 1. The molecular formula is C24H31ClN2O3S. The Labute approximate surface area is 194 Å². The minimum atomic E-state index is -0.554. The molecule has 0 fully saturated rings. The van der Waals surface area contributed by atoms with Crippen LogP contribution in [0.2, 0.25) is 5.02 Å². The van der Waals surface area contributed by atoms with Crippen LogP contribution in [0.4, 0.5) is 0 Å². The van der Waals surface area contributed by atoms with Crippen LogP contribution in [-0.4, -0.2) is 42.2 Å². The van der Waals surface area contributed by atoms with E-state index in [-0.39, 0.29) is 11.8 Å². The second-order valence-corrected chi connectivity index (χ2v) is 8.73. The molecule has 0 saturated heterocycles. The molecule has 2 aromatic rings. The van der Waals surface area contributed by atoms with E-state index in [1.54, 1.807) is 31.1 Å². The number of halogens is 1. The summed E-state index contributed by atoms with van der Waals surface area (Å²) >= 11 is 7.52. The molecule has 2 rings (SSSR count). The highest BCUT2D eigenvalue weighted by Crippen LogP contribution is 2.19. The number of benzene rings is 2. The summed E-state index contributed by atoms with van der Waals surface area (Å²) in [6.45, 7) is 4.84. The maximum Gasteiger partial charge on any atom is 0.242 e. The van der Waals surface area contributed by atoms with Gasteiger partial charge in [-0.3, -0.25) is 9.59 Å². The standard InChI is InChI=1S/C24H31ClN2O3S/c1-4-5-14-26-24(29)18(2)27(15-19-6-10-21(25)11-7-19)23(28)17-31-16-20-8-12-22(30-3)13-9-20/h6-13,18H,4-5,14-17H2,1-3H3,(H,26,29)/t18-/m1/s1. The second kappa shape index (κ2) is 13.3. The molecule has 0 unspecified atom stereocenters. The van der Waals surface area contributed by atoms with Crippen molar-refractivity contribution in [3.8, 4) is 5.75 Å². The molecule has 5 nitrogen and oxygen atoms in total. The highest BCUT2D eigenvalue weighted by Gasteiger charge is 2.25. The van der Waals surface area contributed by atoms with Crippen molar-refractivity contribution in [1.29, 1.82) is 0 Å². The molecule has 0 aromatic heterocycles. The van der Waals surface area contributed by atoms with Crippen LogP contribution in [0.15, 0.2) is 48.5 Å². The number of rotatable bonds is 12. The summed E-state index contributed by atoms with van der Waals surface area (Å²) in [7, 11) is 1.64. The van der Waals surface area contributed by atoms with Gasteiger partial charge >= 0.3 is 0 Å². The summed E-state index contributed by atoms with van der Waals surface area (Å²) in [6.07, 6.45) is 1.92. The number of hydrogen-bond acceptors (Lipinski definition) is 4. The molecule has 0 saturated carbocycles. The lowest BCUT2D eigenvalue weighted by atomic mass is 10.1. The van der Waals surface area contributed by atoms with E-state index in [4.69, 9.17) is 16.3 Å². The highest BCUT2D eigenvalue weighted by molar-refractivity contribution is 7.99. The summed E-state index contributed by atoms with van der Waals surface area (Å²) in [5.41, 5.74) is 2.05. The number of thioether (sulfide) groups is 1. The van der Waals surface area contributed by atoms with Gasteiger partial charge in [-0.15, -0.1) is 11.8 Å². The molecular weight excluding hydrogens is 432 g/mol. The van der Waals surface area contributed by atoms with Gasteiger partial charge in [0.2, 0.25) is 11.8 Å². The molecule has 0 radical (unpaired) electrons. The quantitative estimate of drug-likeness (QED) is 0.455. The van der Waals surface area contributed by atoms with Crippen LogP contribution < -0.4 is 10.1 Å². The van der Waals surface area contributed by atoms with E-state index in [1.165, 1.54) is 11.8 Å². The third-order valence-electron chi connectivity index (χ3n) is 4.92. The van der Waals surface area contributed by atoms with Gasteiger partial charge in [-0.1, -0.05) is 49.2 Å². The first kappa shape index (κ1) is 25.1. The van der Waals surface area contributed by atoms with Crippen LogP contribution in [0.25, 0.3) is 0 Å². The minimum Gasteiger partial charge on any atom is -0.497 e. The molecule has 0 spiro atoms. The second-order valence-electron chi connectivity index (χ2n) is 7.31. The van der Waals surface area contributed by atoms with Gasteiger partial charge < -0.3 is 15.0 Å². The van der Waals surface area contributed by atoms with Crippen molar-refractivity contribution in [3.05, 3.63) is 64.7 Å². The van der Waals surface area contributed by atoms with Gasteiger partial charge in [0, 0.05) is 23.9 Å². The largest absolute Gasteiger partial charge is 0.497 e. The van der Waals surface area contributed by atoms with Crippen molar-refractivity contribution in [2.45, 2.75) is 45.0 Å². The number of unbranched alkanes of at least 4 members (excludes halogenated alkanes) is 1. The summed E-state index contributed by atoms with van der Waals surface area (Å²) in [5, 5.41) is 3.57. The Hall–Kier alpha value is -2.18. The molecule has 0 bridgehead atoms. The van der Waals surface area contributed by atoms with Gasteiger partial charge in [0.15, 0.2) is 0 Å². The zero-order valence-electron chi connectivity index (χ0n) is 18.4.